The Morgan fingerprint density at radius 2 is 1.80 bits per heavy atom. The average Bonchev–Trinajstić information content (AvgIpc) is 2.44. The van der Waals surface area contributed by atoms with E-state index in [4.69, 9.17) is 0 Å². The summed E-state index contributed by atoms with van der Waals surface area (Å²) in [7, 11) is 0. The number of benzene rings is 1. The van der Waals surface area contributed by atoms with E-state index in [9.17, 15) is 0 Å². The minimum absolute atomic E-state index is 0.161. The molecule has 0 atom stereocenters. The summed E-state index contributed by atoms with van der Waals surface area (Å²) in [6.45, 7) is 7.52. The number of anilines is 1. The zero-order valence-corrected chi connectivity index (χ0v) is 13.2. The van der Waals surface area contributed by atoms with E-state index in [2.05, 4.69) is 67.5 Å². The van der Waals surface area contributed by atoms with Crippen LogP contribution in [0.1, 0.15) is 26.3 Å². The third-order valence-electron chi connectivity index (χ3n) is 3.05. The molecular formula is C17H22N2S. The van der Waals surface area contributed by atoms with E-state index in [-0.39, 0.29) is 5.41 Å². The third-order valence-corrected chi connectivity index (χ3v) is 4.06. The van der Waals surface area contributed by atoms with Crippen molar-refractivity contribution in [3.63, 3.8) is 0 Å². The predicted octanol–water partition coefficient (Wildman–Crippen LogP) is 4.58. The summed E-state index contributed by atoms with van der Waals surface area (Å²) >= 11 is 1.86. The van der Waals surface area contributed by atoms with Crippen molar-refractivity contribution >= 4 is 17.6 Å². The van der Waals surface area contributed by atoms with Gasteiger partial charge < -0.3 is 5.32 Å². The summed E-state index contributed by atoms with van der Waals surface area (Å²) in [5.41, 5.74) is 1.43. The maximum atomic E-state index is 4.47. The second-order valence-electron chi connectivity index (χ2n) is 5.77. The van der Waals surface area contributed by atoms with Gasteiger partial charge in [0.2, 0.25) is 0 Å². The Hall–Kier alpha value is -1.48. The molecule has 0 fully saturated rings. The monoisotopic (exact) mass is 286 g/mol. The number of nitrogens with zero attached hydrogens (tertiary/aromatic N) is 1. The van der Waals surface area contributed by atoms with E-state index in [0.717, 1.165) is 18.1 Å². The number of nitrogens with one attached hydrogen (secondary N) is 1. The van der Waals surface area contributed by atoms with Crippen molar-refractivity contribution in [2.24, 2.45) is 0 Å². The van der Waals surface area contributed by atoms with Gasteiger partial charge in [-0.25, -0.2) is 4.98 Å². The van der Waals surface area contributed by atoms with Crippen LogP contribution in [0.4, 0.5) is 5.82 Å². The van der Waals surface area contributed by atoms with E-state index in [1.807, 2.05) is 24.0 Å². The largest absolute Gasteiger partial charge is 0.369 e. The number of aromatic nitrogens is 1. The van der Waals surface area contributed by atoms with Crippen LogP contribution in [0.2, 0.25) is 0 Å². The van der Waals surface area contributed by atoms with Crippen molar-refractivity contribution in [1.82, 2.24) is 4.98 Å². The van der Waals surface area contributed by atoms with Crippen LogP contribution in [0.5, 0.6) is 0 Å². The van der Waals surface area contributed by atoms with Crippen molar-refractivity contribution in [2.75, 3.05) is 17.6 Å². The summed E-state index contributed by atoms with van der Waals surface area (Å²) in [5.74, 6) is 1.99. The maximum absolute atomic E-state index is 4.47. The third kappa shape index (κ3) is 4.57. The summed E-state index contributed by atoms with van der Waals surface area (Å²) < 4.78 is 0. The number of thioether (sulfide) groups is 1. The molecule has 1 N–H and O–H groups in total. The van der Waals surface area contributed by atoms with E-state index in [0.29, 0.717) is 0 Å². The Morgan fingerprint density at radius 3 is 2.40 bits per heavy atom. The van der Waals surface area contributed by atoms with Crippen LogP contribution >= 0.6 is 11.8 Å². The van der Waals surface area contributed by atoms with Gasteiger partial charge in [-0.3, -0.25) is 0 Å². The lowest BCUT2D eigenvalue weighted by Gasteiger charge is -2.18. The van der Waals surface area contributed by atoms with Crippen molar-refractivity contribution in [3.05, 3.63) is 54.2 Å². The smallest absolute Gasteiger partial charge is 0.125 e. The SMILES string of the molecule is CC(C)(C)c1ccc(NCCSc2ccccc2)nc1. The van der Waals surface area contributed by atoms with Crippen molar-refractivity contribution in [3.8, 4) is 0 Å². The maximum Gasteiger partial charge on any atom is 0.125 e. The molecule has 0 spiro atoms. The van der Waals surface area contributed by atoms with Gasteiger partial charge in [0.25, 0.3) is 0 Å². The Bertz CT molecular complexity index is 515. The molecule has 106 valence electrons. The van der Waals surface area contributed by atoms with E-state index < -0.39 is 0 Å². The van der Waals surface area contributed by atoms with Gasteiger partial charge in [-0.2, -0.15) is 0 Å². The molecule has 2 rings (SSSR count). The summed E-state index contributed by atoms with van der Waals surface area (Å²) in [6.07, 6.45) is 1.96. The molecule has 0 aliphatic rings. The summed E-state index contributed by atoms with van der Waals surface area (Å²) in [4.78, 5) is 5.78. The highest BCUT2D eigenvalue weighted by molar-refractivity contribution is 7.99. The molecule has 2 nitrogen and oxygen atoms in total. The second kappa shape index (κ2) is 6.80. The van der Waals surface area contributed by atoms with Crippen LogP contribution in [0.15, 0.2) is 53.6 Å². The molecule has 1 heterocycles. The molecule has 0 saturated heterocycles. The van der Waals surface area contributed by atoms with Crippen molar-refractivity contribution in [1.29, 1.82) is 0 Å². The van der Waals surface area contributed by atoms with Gasteiger partial charge in [0.05, 0.1) is 0 Å². The lowest BCUT2D eigenvalue weighted by Crippen LogP contribution is -2.12. The van der Waals surface area contributed by atoms with Crippen LogP contribution in [0.25, 0.3) is 0 Å². The number of pyridine rings is 1. The molecule has 0 unspecified atom stereocenters. The minimum Gasteiger partial charge on any atom is -0.369 e. The van der Waals surface area contributed by atoms with E-state index in [1.54, 1.807) is 0 Å². The van der Waals surface area contributed by atoms with E-state index in [1.165, 1.54) is 10.5 Å². The first-order valence-corrected chi connectivity index (χ1v) is 7.92. The Labute approximate surface area is 126 Å². The lowest BCUT2D eigenvalue weighted by molar-refractivity contribution is 0.587. The first-order valence-electron chi connectivity index (χ1n) is 6.94. The number of hydrogen-bond donors (Lipinski definition) is 1. The van der Waals surface area contributed by atoms with Gasteiger partial charge >= 0.3 is 0 Å². The Balaban J connectivity index is 1.77. The van der Waals surface area contributed by atoms with E-state index >= 15 is 0 Å². The molecule has 2 aromatic rings. The molecule has 0 saturated carbocycles. The van der Waals surface area contributed by atoms with Gasteiger partial charge in [0.1, 0.15) is 5.82 Å². The zero-order valence-electron chi connectivity index (χ0n) is 12.4. The molecule has 3 heteroatoms. The lowest BCUT2D eigenvalue weighted by atomic mass is 9.88. The molecule has 0 bridgehead atoms. The Kier molecular flexibility index (Phi) is 5.07. The van der Waals surface area contributed by atoms with Crippen molar-refractivity contribution in [2.45, 2.75) is 31.1 Å². The minimum atomic E-state index is 0.161. The molecule has 1 aromatic carbocycles. The number of hydrogen-bond acceptors (Lipinski definition) is 3. The topological polar surface area (TPSA) is 24.9 Å². The summed E-state index contributed by atoms with van der Waals surface area (Å²) in [5, 5.41) is 3.36. The first kappa shape index (κ1) is 14.9. The average molecular weight is 286 g/mol. The molecule has 1 aromatic heterocycles. The van der Waals surface area contributed by atoms with Crippen LogP contribution in [0.3, 0.4) is 0 Å². The normalized spacial score (nSPS) is 11.3. The fraction of sp³-hybridized carbons (Fsp3) is 0.353. The quantitative estimate of drug-likeness (QED) is 0.643. The molecule has 20 heavy (non-hydrogen) atoms. The molecular weight excluding hydrogens is 264 g/mol. The molecule has 0 radical (unpaired) electrons. The van der Waals surface area contributed by atoms with Crippen LogP contribution in [-0.4, -0.2) is 17.3 Å². The highest BCUT2D eigenvalue weighted by atomic mass is 32.2. The molecule has 0 aliphatic heterocycles. The fourth-order valence-electron chi connectivity index (χ4n) is 1.81. The summed E-state index contributed by atoms with van der Waals surface area (Å²) in [6, 6.07) is 14.7. The number of rotatable bonds is 5. The van der Waals surface area contributed by atoms with Crippen LogP contribution in [0, 0.1) is 0 Å². The fourth-order valence-corrected chi connectivity index (χ4v) is 2.60. The first-order chi connectivity index (χ1) is 9.55. The molecule has 0 amide bonds. The van der Waals surface area contributed by atoms with Crippen LogP contribution < -0.4 is 5.32 Å². The predicted molar refractivity (Wildman–Crippen MR) is 88.6 cm³/mol. The highest BCUT2D eigenvalue weighted by Gasteiger charge is 2.13. The zero-order chi connectivity index (χ0) is 14.4. The second-order valence-corrected chi connectivity index (χ2v) is 6.94. The van der Waals surface area contributed by atoms with Gasteiger partial charge in [0.15, 0.2) is 0 Å². The Morgan fingerprint density at radius 1 is 1.05 bits per heavy atom. The standard InChI is InChI=1S/C17H22N2S/c1-17(2,3)14-9-10-16(19-13-14)18-11-12-20-15-7-5-4-6-8-15/h4-10,13H,11-12H2,1-3H3,(H,18,19). The van der Waals surface area contributed by atoms with Gasteiger partial charge in [-0.15, -0.1) is 11.8 Å². The van der Waals surface area contributed by atoms with Gasteiger partial charge in [0, 0.05) is 23.4 Å². The van der Waals surface area contributed by atoms with Gasteiger partial charge in [-0.05, 0) is 29.2 Å². The van der Waals surface area contributed by atoms with Crippen molar-refractivity contribution < 1.29 is 0 Å². The van der Waals surface area contributed by atoms with Crippen LogP contribution in [-0.2, 0) is 5.41 Å². The molecule has 0 aliphatic carbocycles. The van der Waals surface area contributed by atoms with Gasteiger partial charge in [-0.1, -0.05) is 45.0 Å². The highest BCUT2D eigenvalue weighted by Crippen LogP contribution is 2.22.